The van der Waals surface area contributed by atoms with Crippen molar-refractivity contribution in [2.24, 2.45) is 5.92 Å². The standard InChI is InChI=1S/C19H28N2O3/c1-5-13(2)15-6-8-17(9-7-15)20-19(23)16-10-18(22)21(11-16)14(3)12-24-4/h6-9,13-14,16H,5,10-12H2,1-4H3,(H,20,23). The lowest BCUT2D eigenvalue weighted by molar-refractivity contribution is -0.130. The molecular weight excluding hydrogens is 304 g/mol. The molecule has 5 nitrogen and oxygen atoms in total. The van der Waals surface area contributed by atoms with Crippen LogP contribution in [0.1, 0.15) is 45.1 Å². The van der Waals surface area contributed by atoms with Crippen LogP contribution in [0.3, 0.4) is 0 Å². The van der Waals surface area contributed by atoms with Gasteiger partial charge in [0.1, 0.15) is 0 Å². The van der Waals surface area contributed by atoms with Crippen molar-refractivity contribution in [1.29, 1.82) is 0 Å². The van der Waals surface area contributed by atoms with E-state index in [1.165, 1.54) is 5.56 Å². The van der Waals surface area contributed by atoms with Gasteiger partial charge >= 0.3 is 0 Å². The number of ether oxygens (including phenoxy) is 1. The number of amides is 2. The molecule has 0 aliphatic carbocycles. The first-order chi connectivity index (χ1) is 11.5. The highest BCUT2D eigenvalue weighted by atomic mass is 16.5. The van der Waals surface area contributed by atoms with Crippen molar-refractivity contribution in [2.75, 3.05) is 25.6 Å². The quantitative estimate of drug-likeness (QED) is 0.835. The van der Waals surface area contributed by atoms with Crippen molar-refractivity contribution in [3.8, 4) is 0 Å². The lowest BCUT2D eigenvalue weighted by Crippen LogP contribution is -2.38. The highest BCUT2D eigenvalue weighted by Crippen LogP contribution is 2.24. The van der Waals surface area contributed by atoms with Gasteiger partial charge in [-0.25, -0.2) is 0 Å². The normalized spacial score (nSPS) is 20.1. The van der Waals surface area contributed by atoms with E-state index in [1.54, 1.807) is 12.0 Å². The Kier molecular flexibility index (Phi) is 6.37. The number of likely N-dealkylation sites (tertiary alicyclic amines) is 1. The summed E-state index contributed by atoms with van der Waals surface area (Å²) in [6.07, 6.45) is 1.36. The fourth-order valence-corrected chi connectivity index (χ4v) is 3.04. The molecule has 3 atom stereocenters. The summed E-state index contributed by atoms with van der Waals surface area (Å²) in [6, 6.07) is 7.96. The Morgan fingerprint density at radius 3 is 2.58 bits per heavy atom. The molecule has 1 aromatic rings. The van der Waals surface area contributed by atoms with Crippen molar-refractivity contribution >= 4 is 17.5 Å². The number of rotatable bonds is 7. The summed E-state index contributed by atoms with van der Waals surface area (Å²) in [4.78, 5) is 26.3. The van der Waals surface area contributed by atoms with E-state index in [0.29, 0.717) is 19.1 Å². The fraction of sp³-hybridized carbons (Fsp3) is 0.579. The highest BCUT2D eigenvalue weighted by molar-refractivity contribution is 5.97. The van der Waals surface area contributed by atoms with E-state index in [1.807, 2.05) is 19.1 Å². The molecule has 0 saturated carbocycles. The second-order valence-electron chi connectivity index (χ2n) is 6.67. The summed E-state index contributed by atoms with van der Waals surface area (Å²) >= 11 is 0. The van der Waals surface area contributed by atoms with Crippen LogP contribution in [0.25, 0.3) is 0 Å². The molecule has 24 heavy (non-hydrogen) atoms. The number of carbonyl (C=O) groups excluding carboxylic acids is 2. The Labute approximate surface area is 144 Å². The van der Waals surface area contributed by atoms with Crippen LogP contribution in [0, 0.1) is 5.92 Å². The molecule has 0 radical (unpaired) electrons. The number of anilines is 1. The van der Waals surface area contributed by atoms with Gasteiger partial charge in [-0.15, -0.1) is 0 Å². The number of nitrogens with zero attached hydrogens (tertiary/aromatic N) is 1. The monoisotopic (exact) mass is 332 g/mol. The number of benzene rings is 1. The predicted molar refractivity (Wildman–Crippen MR) is 94.9 cm³/mol. The number of nitrogens with one attached hydrogen (secondary N) is 1. The molecule has 1 aromatic carbocycles. The second kappa shape index (κ2) is 8.29. The molecule has 1 N–H and O–H groups in total. The average molecular weight is 332 g/mol. The predicted octanol–water partition coefficient (Wildman–Crippen LogP) is 3.02. The Morgan fingerprint density at radius 2 is 2.00 bits per heavy atom. The fourth-order valence-electron chi connectivity index (χ4n) is 3.04. The number of hydrogen-bond acceptors (Lipinski definition) is 3. The molecule has 1 heterocycles. The van der Waals surface area contributed by atoms with Gasteiger partial charge in [0.2, 0.25) is 11.8 Å². The van der Waals surface area contributed by atoms with E-state index in [2.05, 4.69) is 31.3 Å². The zero-order chi connectivity index (χ0) is 17.7. The van der Waals surface area contributed by atoms with Crippen molar-refractivity contribution in [1.82, 2.24) is 4.90 Å². The Bertz CT molecular complexity index is 570. The first-order valence-electron chi connectivity index (χ1n) is 8.65. The van der Waals surface area contributed by atoms with Gasteiger partial charge in [0.25, 0.3) is 0 Å². The van der Waals surface area contributed by atoms with Crippen molar-refractivity contribution in [2.45, 2.75) is 45.6 Å². The zero-order valence-corrected chi connectivity index (χ0v) is 15.0. The van der Waals surface area contributed by atoms with Gasteiger partial charge in [0.15, 0.2) is 0 Å². The minimum Gasteiger partial charge on any atom is -0.383 e. The van der Waals surface area contributed by atoms with Gasteiger partial charge in [-0.1, -0.05) is 26.0 Å². The van der Waals surface area contributed by atoms with Crippen LogP contribution < -0.4 is 5.32 Å². The topological polar surface area (TPSA) is 58.6 Å². The third kappa shape index (κ3) is 4.35. The van der Waals surface area contributed by atoms with Crippen LogP contribution in [0.2, 0.25) is 0 Å². The summed E-state index contributed by atoms with van der Waals surface area (Å²) < 4.78 is 5.10. The van der Waals surface area contributed by atoms with E-state index in [0.717, 1.165) is 12.1 Å². The van der Waals surface area contributed by atoms with E-state index in [9.17, 15) is 9.59 Å². The Morgan fingerprint density at radius 1 is 1.33 bits per heavy atom. The molecule has 3 unspecified atom stereocenters. The molecule has 132 valence electrons. The number of carbonyl (C=O) groups is 2. The molecule has 0 bridgehead atoms. The van der Waals surface area contributed by atoms with Crippen LogP contribution in [-0.4, -0.2) is 43.0 Å². The van der Waals surface area contributed by atoms with Crippen LogP contribution in [0.4, 0.5) is 5.69 Å². The molecular formula is C19H28N2O3. The summed E-state index contributed by atoms with van der Waals surface area (Å²) in [6.45, 7) is 7.23. The first kappa shape index (κ1) is 18.5. The SMILES string of the molecule is CCC(C)c1ccc(NC(=O)C2CC(=O)N(C(C)COC)C2)cc1. The van der Waals surface area contributed by atoms with Gasteiger partial charge in [0, 0.05) is 25.8 Å². The number of hydrogen-bond donors (Lipinski definition) is 1. The lowest BCUT2D eigenvalue weighted by atomic mass is 9.98. The third-order valence-electron chi connectivity index (χ3n) is 4.83. The maximum Gasteiger partial charge on any atom is 0.229 e. The second-order valence-corrected chi connectivity index (χ2v) is 6.67. The summed E-state index contributed by atoms with van der Waals surface area (Å²) in [7, 11) is 1.62. The van der Waals surface area contributed by atoms with Crippen molar-refractivity contribution in [3.63, 3.8) is 0 Å². The van der Waals surface area contributed by atoms with Gasteiger partial charge in [0.05, 0.1) is 18.6 Å². The van der Waals surface area contributed by atoms with Crippen LogP contribution in [-0.2, 0) is 14.3 Å². The zero-order valence-electron chi connectivity index (χ0n) is 15.0. The average Bonchev–Trinajstić information content (AvgIpc) is 2.97. The Balaban J connectivity index is 1.94. The van der Waals surface area contributed by atoms with E-state index < -0.39 is 0 Å². The molecule has 0 aromatic heterocycles. The van der Waals surface area contributed by atoms with E-state index in [4.69, 9.17) is 4.74 Å². The largest absolute Gasteiger partial charge is 0.383 e. The van der Waals surface area contributed by atoms with Crippen molar-refractivity contribution in [3.05, 3.63) is 29.8 Å². The van der Waals surface area contributed by atoms with Gasteiger partial charge in [-0.2, -0.15) is 0 Å². The van der Waals surface area contributed by atoms with Gasteiger partial charge in [-0.05, 0) is 37.0 Å². The number of methoxy groups -OCH3 is 1. The van der Waals surface area contributed by atoms with Crippen LogP contribution in [0.5, 0.6) is 0 Å². The van der Waals surface area contributed by atoms with Gasteiger partial charge in [-0.3, -0.25) is 9.59 Å². The van der Waals surface area contributed by atoms with Crippen LogP contribution >= 0.6 is 0 Å². The first-order valence-corrected chi connectivity index (χ1v) is 8.65. The minimum absolute atomic E-state index is 0.00452. The third-order valence-corrected chi connectivity index (χ3v) is 4.83. The maximum atomic E-state index is 12.4. The summed E-state index contributed by atoms with van der Waals surface area (Å²) in [5.74, 6) is 0.141. The molecule has 2 amide bonds. The molecule has 5 heteroatoms. The molecule has 1 saturated heterocycles. The molecule has 2 rings (SSSR count). The molecule has 1 fully saturated rings. The minimum atomic E-state index is -0.300. The summed E-state index contributed by atoms with van der Waals surface area (Å²) in [5.41, 5.74) is 2.05. The summed E-state index contributed by atoms with van der Waals surface area (Å²) in [5, 5.41) is 2.93. The van der Waals surface area contributed by atoms with Gasteiger partial charge < -0.3 is 15.0 Å². The van der Waals surface area contributed by atoms with E-state index >= 15 is 0 Å². The lowest BCUT2D eigenvalue weighted by Gasteiger charge is -2.23. The molecule has 1 aliphatic rings. The van der Waals surface area contributed by atoms with Crippen LogP contribution in [0.15, 0.2) is 24.3 Å². The Hall–Kier alpha value is -1.88. The van der Waals surface area contributed by atoms with E-state index in [-0.39, 0.29) is 30.2 Å². The maximum absolute atomic E-state index is 12.4. The molecule has 1 aliphatic heterocycles. The highest BCUT2D eigenvalue weighted by Gasteiger charge is 2.36. The smallest absolute Gasteiger partial charge is 0.229 e. The molecule has 0 spiro atoms. The van der Waals surface area contributed by atoms with Crippen molar-refractivity contribution < 1.29 is 14.3 Å².